The molecular formula is C16H11N3O4. The number of nitrogens with zero attached hydrogens (tertiary/aromatic N) is 1. The lowest BCUT2D eigenvalue weighted by atomic mass is 9.96. The summed E-state index contributed by atoms with van der Waals surface area (Å²) in [5, 5.41) is 9.07. The normalized spacial score (nSPS) is 13.5. The van der Waals surface area contributed by atoms with Crippen LogP contribution < -0.4 is 11.5 Å². The van der Waals surface area contributed by atoms with Crippen molar-refractivity contribution in [1.29, 1.82) is 0 Å². The molecule has 7 heteroatoms. The molecule has 1 aromatic heterocycles. The van der Waals surface area contributed by atoms with Gasteiger partial charge in [0.1, 0.15) is 5.69 Å². The van der Waals surface area contributed by atoms with Crippen LogP contribution in [0.25, 0.3) is 11.3 Å². The number of fused-ring (bicyclic) bond motifs is 1. The maximum Gasteiger partial charge on any atom is 0.335 e. The lowest BCUT2D eigenvalue weighted by Gasteiger charge is -2.13. The highest BCUT2D eigenvalue weighted by Gasteiger charge is 2.26. The quantitative estimate of drug-likeness (QED) is 0.710. The van der Waals surface area contributed by atoms with Crippen LogP contribution in [0.4, 0.5) is 5.69 Å². The highest BCUT2D eigenvalue weighted by molar-refractivity contribution is 6.23. The molecule has 0 spiro atoms. The predicted octanol–water partition coefficient (Wildman–Crippen LogP) is 1.25. The molecule has 0 aliphatic heterocycles. The number of carbonyl (C=O) groups is 3. The minimum Gasteiger partial charge on any atom is -0.478 e. The first-order valence-electron chi connectivity index (χ1n) is 6.59. The molecule has 5 N–H and O–H groups in total. The fourth-order valence-electron chi connectivity index (χ4n) is 2.31. The first kappa shape index (κ1) is 14.5. The lowest BCUT2D eigenvalue weighted by molar-refractivity contribution is 0.0696. The van der Waals surface area contributed by atoms with Crippen molar-refractivity contribution in [1.82, 2.24) is 4.98 Å². The molecule has 3 rings (SSSR count). The third kappa shape index (κ3) is 2.34. The minimum absolute atomic E-state index is 0.0375. The predicted molar refractivity (Wildman–Crippen MR) is 82.0 cm³/mol. The molecule has 1 aliphatic carbocycles. The number of carbonyl (C=O) groups excluding carboxylic acids is 2. The third-order valence-electron chi connectivity index (χ3n) is 3.50. The lowest BCUT2D eigenvalue weighted by Crippen LogP contribution is -2.23. The number of aromatic carboxylic acids is 1. The van der Waals surface area contributed by atoms with Gasteiger partial charge in [0.2, 0.25) is 5.78 Å². The number of anilines is 1. The number of carboxylic acid groups (broad SMARTS) is 1. The Morgan fingerprint density at radius 3 is 2.48 bits per heavy atom. The summed E-state index contributed by atoms with van der Waals surface area (Å²) in [6.45, 7) is 0. The summed E-state index contributed by atoms with van der Waals surface area (Å²) in [6, 6.07) is 7.14. The fourth-order valence-corrected chi connectivity index (χ4v) is 2.31. The van der Waals surface area contributed by atoms with Gasteiger partial charge in [-0.1, -0.05) is 0 Å². The number of aromatic nitrogens is 1. The third-order valence-corrected chi connectivity index (χ3v) is 3.50. The van der Waals surface area contributed by atoms with Gasteiger partial charge in [-0.15, -0.1) is 0 Å². The molecule has 0 bridgehead atoms. The number of carboxylic acids is 1. The fraction of sp³-hybridized carbons (Fsp3) is 0. The van der Waals surface area contributed by atoms with Crippen LogP contribution in [-0.2, 0) is 0 Å². The number of hydrogen-bond donors (Lipinski definition) is 3. The summed E-state index contributed by atoms with van der Waals surface area (Å²) in [6.07, 6.45) is 1.06. The van der Waals surface area contributed by atoms with Gasteiger partial charge in [0.15, 0.2) is 5.78 Å². The second kappa shape index (κ2) is 5.06. The summed E-state index contributed by atoms with van der Waals surface area (Å²) in [5.74, 6) is -2.06. The molecule has 2 aromatic rings. The van der Waals surface area contributed by atoms with E-state index in [-0.39, 0.29) is 22.5 Å². The van der Waals surface area contributed by atoms with Gasteiger partial charge in [-0.25, -0.2) is 9.78 Å². The van der Waals surface area contributed by atoms with Crippen LogP contribution in [0.15, 0.2) is 42.1 Å². The molecule has 1 aromatic carbocycles. The number of nitrogen functional groups attached to an aromatic ring is 1. The van der Waals surface area contributed by atoms with Gasteiger partial charge in [-0.3, -0.25) is 9.59 Å². The Morgan fingerprint density at radius 1 is 1.04 bits per heavy atom. The van der Waals surface area contributed by atoms with Crippen LogP contribution in [0.1, 0.15) is 31.2 Å². The van der Waals surface area contributed by atoms with Gasteiger partial charge in [0.05, 0.1) is 22.5 Å². The minimum atomic E-state index is -1.11. The highest BCUT2D eigenvalue weighted by atomic mass is 16.4. The molecule has 0 fully saturated rings. The largest absolute Gasteiger partial charge is 0.478 e. The van der Waals surface area contributed by atoms with Crippen molar-refractivity contribution in [3.8, 4) is 11.3 Å². The van der Waals surface area contributed by atoms with Crippen molar-refractivity contribution in [3.05, 3.63) is 58.9 Å². The second-order valence-corrected chi connectivity index (χ2v) is 4.99. The van der Waals surface area contributed by atoms with E-state index >= 15 is 0 Å². The molecule has 0 atom stereocenters. The zero-order valence-corrected chi connectivity index (χ0v) is 11.7. The second-order valence-electron chi connectivity index (χ2n) is 4.99. The SMILES string of the molecule is NC1=CC(=O)c2ccc(-c3cc(C(=O)O)ccc3N)nc2C1=O. The molecule has 1 heterocycles. The topological polar surface area (TPSA) is 136 Å². The van der Waals surface area contributed by atoms with Gasteiger partial charge >= 0.3 is 5.97 Å². The molecule has 0 radical (unpaired) electrons. The Bertz CT molecular complexity index is 916. The maximum atomic E-state index is 12.1. The van der Waals surface area contributed by atoms with Gasteiger partial charge in [-0.05, 0) is 30.3 Å². The van der Waals surface area contributed by atoms with E-state index in [0.717, 1.165) is 6.08 Å². The van der Waals surface area contributed by atoms with Gasteiger partial charge in [-0.2, -0.15) is 0 Å². The summed E-state index contributed by atoms with van der Waals surface area (Å²) in [7, 11) is 0. The van der Waals surface area contributed by atoms with Crippen LogP contribution in [-0.4, -0.2) is 27.6 Å². The Kier molecular flexibility index (Phi) is 3.18. The zero-order valence-electron chi connectivity index (χ0n) is 11.7. The molecule has 0 unspecified atom stereocenters. The number of allylic oxidation sites excluding steroid dienone is 2. The Labute approximate surface area is 130 Å². The Balaban J connectivity index is 2.18. The van der Waals surface area contributed by atoms with Gasteiger partial charge < -0.3 is 16.6 Å². The van der Waals surface area contributed by atoms with Crippen molar-refractivity contribution in [2.45, 2.75) is 0 Å². The first-order chi connectivity index (χ1) is 10.9. The zero-order chi connectivity index (χ0) is 16.7. The van der Waals surface area contributed by atoms with E-state index in [2.05, 4.69) is 4.98 Å². The van der Waals surface area contributed by atoms with E-state index in [1.54, 1.807) is 0 Å². The summed E-state index contributed by atoms with van der Waals surface area (Å²) < 4.78 is 0. The Hall–Kier alpha value is -3.48. The summed E-state index contributed by atoms with van der Waals surface area (Å²) >= 11 is 0. The van der Waals surface area contributed by atoms with E-state index in [1.807, 2.05) is 0 Å². The van der Waals surface area contributed by atoms with E-state index < -0.39 is 17.5 Å². The van der Waals surface area contributed by atoms with Crippen molar-refractivity contribution in [2.75, 3.05) is 5.73 Å². The van der Waals surface area contributed by atoms with Crippen molar-refractivity contribution >= 4 is 23.2 Å². The van der Waals surface area contributed by atoms with Gasteiger partial charge in [0, 0.05) is 17.3 Å². The number of ketones is 2. The number of benzene rings is 1. The van der Waals surface area contributed by atoms with E-state index in [9.17, 15) is 14.4 Å². The van der Waals surface area contributed by atoms with Crippen LogP contribution in [0.3, 0.4) is 0 Å². The number of rotatable bonds is 2. The van der Waals surface area contributed by atoms with Crippen LogP contribution in [0.2, 0.25) is 0 Å². The van der Waals surface area contributed by atoms with Crippen LogP contribution in [0, 0.1) is 0 Å². The van der Waals surface area contributed by atoms with E-state index in [1.165, 1.54) is 30.3 Å². The van der Waals surface area contributed by atoms with Crippen LogP contribution >= 0.6 is 0 Å². The summed E-state index contributed by atoms with van der Waals surface area (Å²) in [5.41, 5.74) is 12.3. The maximum absolute atomic E-state index is 12.1. The smallest absolute Gasteiger partial charge is 0.335 e. The molecular weight excluding hydrogens is 298 g/mol. The van der Waals surface area contributed by atoms with Crippen molar-refractivity contribution in [3.63, 3.8) is 0 Å². The molecule has 0 saturated carbocycles. The van der Waals surface area contributed by atoms with E-state index in [0.29, 0.717) is 16.9 Å². The highest BCUT2D eigenvalue weighted by Crippen LogP contribution is 2.28. The molecule has 0 saturated heterocycles. The number of hydrogen-bond acceptors (Lipinski definition) is 6. The first-order valence-corrected chi connectivity index (χ1v) is 6.59. The molecule has 114 valence electrons. The molecule has 23 heavy (non-hydrogen) atoms. The number of Topliss-reactive ketones (excluding diaryl/α,β-unsaturated/α-hetero) is 1. The average Bonchev–Trinajstić information content (AvgIpc) is 2.52. The van der Waals surface area contributed by atoms with Crippen molar-refractivity contribution < 1.29 is 19.5 Å². The Morgan fingerprint density at radius 2 is 1.78 bits per heavy atom. The van der Waals surface area contributed by atoms with E-state index in [4.69, 9.17) is 16.6 Å². The van der Waals surface area contributed by atoms with Gasteiger partial charge in [0.25, 0.3) is 0 Å². The standard InChI is InChI=1S/C16H11N3O4/c17-10-3-1-7(16(22)23)5-9(10)12-4-2-8-13(20)6-11(18)15(21)14(8)19-12/h1-6H,17-18H2,(H,22,23). The number of nitrogens with two attached hydrogens (primary N) is 2. The molecule has 1 aliphatic rings. The summed E-state index contributed by atoms with van der Waals surface area (Å²) in [4.78, 5) is 39.2. The molecule has 0 amide bonds. The molecule has 7 nitrogen and oxygen atoms in total. The van der Waals surface area contributed by atoms with Crippen LogP contribution in [0.5, 0.6) is 0 Å². The monoisotopic (exact) mass is 309 g/mol. The average molecular weight is 309 g/mol. The van der Waals surface area contributed by atoms with Crippen molar-refractivity contribution in [2.24, 2.45) is 5.73 Å². The number of pyridine rings is 1.